The zero-order valence-corrected chi connectivity index (χ0v) is 10.6. The molecule has 5 nitrogen and oxygen atoms in total. The molecule has 0 aliphatic heterocycles. The maximum Gasteiger partial charge on any atom is 0.193 e. The number of aryl methyl sites for hydroxylation is 2. The van der Waals surface area contributed by atoms with Gasteiger partial charge in [0.15, 0.2) is 5.96 Å². The molecule has 2 rings (SSSR count). The summed E-state index contributed by atoms with van der Waals surface area (Å²) in [4.78, 5) is 4.53. The minimum atomic E-state index is 0.397. The number of nitrogens with two attached hydrogens (primary N) is 1. The Bertz CT molecular complexity index is 401. The molecular weight excluding hydrogens is 214 g/mol. The van der Waals surface area contributed by atoms with Crippen molar-refractivity contribution in [1.82, 2.24) is 9.78 Å². The summed E-state index contributed by atoms with van der Waals surface area (Å²) >= 11 is 0. The average molecular weight is 235 g/mol. The summed E-state index contributed by atoms with van der Waals surface area (Å²) in [5, 5.41) is 7.38. The molecule has 3 N–H and O–H groups in total. The van der Waals surface area contributed by atoms with E-state index in [-0.39, 0.29) is 0 Å². The van der Waals surface area contributed by atoms with Crippen LogP contribution in [0.25, 0.3) is 0 Å². The number of aliphatic imine (C=N–C) groups is 1. The number of aromatic nitrogens is 2. The Morgan fingerprint density at radius 2 is 2.18 bits per heavy atom. The van der Waals surface area contributed by atoms with Crippen LogP contribution in [0.3, 0.4) is 0 Å². The maximum absolute atomic E-state index is 5.92. The molecule has 1 fully saturated rings. The van der Waals surface area contributed by atoms with E-state index in [1.54, 1.807) is 4.68 Å². The van der Waals surface area contributed by atoms with Crippen molar-refractivity contribution in [2.75, 3.05) is 5.32 Å². The van der Waals surface area contributed by atoms with Crippen LogP contribution in [0.15, 0.2) is 11.2 Å². The molecule has 0 spiro atoms. The van der Waals surface area contributed by atoms with E-state index in [0.29, 0.717) is 12.0 Å². The molecule has 1 aliphatic rings. The van der Waals surface area contributed by atoms with Gasteiger partial charge in [0.25, 0.3) is 0 Å². The first-order valence-corrected chi connectivity index (χ1v) is 6.25. The first-order valence-electron chi connectivity index (χ1n) is 6.25. The van der Waals surface area contributed by atoms with Crippen molar-refractivity contribution >= 4 is 11.6 Å². The molecule has 0 unspecified atom stereocenters. The summed E-state index contributed by atoms with van der Waals surface area (Å²) in [5.74, 6) is 0.507. The molecule has 0 aromatic carbocycles. The number of hydrogen-bond acceptors (Lipinski definition) is 2. The Kier molecular flexibility index (Phi) is 3.66. The van der Waals surface area contributed by atoms with Crippen molar-refractivity contribution in [3.8, 4) is 0 Å². The van der Waals surface area contributed by atoms with Gasteiger partial charge in [-0.25, -0.2) is 4.99 Å². The topological polar surface area (TPSA) is 68.2 Å². The second-order valence-corrected chi connectivity index (χ2v) is 4.73. The largest absolute Gasteiger partial charge is 0.370 e. The van der Waals surface area contributed by atoms with Crippen LogP contribution in [-0.2, 0) is 7.05 Å². The van der Waals surface area contributed by atoms with E-state index < -0.39 is 0 Å². The fourth-order valence-electron chi connectivity index (χ4n) is 2.30. The molecule has 0 atom stereocenters. The van der Waals surface area contributed by atoms with E-state index in [9.17, 15) is 0 Å². The highest BCUT2D eigenvalue weighted by atomic mass is 15.3. The van der Waals surface area contributed by atoms with Gasteiger partial charge >= 0.3 is 0 Å². The Balaban J connectivity index is 1.97. The van der Waals surface area contributed by atoms with Crippen molar-refractivity contribution in [1.29, 1.82) is 0 Å². The summed E-state index contributed by atoms with van der Waals surface area (Å²) in [5.41, 5.74) is 7.79. The molecule has 1 aromatic rings. The summed E-state index contributed by atoms with van der Waals surface area (Å²) in [6.45, 7) is 1.95. The molecule has 1 heterocycles. The second kappa shape index (κ2) is 5.21. The maximum atomic E-state index is 5.92. The van der Waals surface area contributed by atoms with Gasteiger partial charge in [0.1, 0.15) is 0 Å². The SMILES string of the molecule is Cc1nn(C)cc1NC(N)=NC1CCCCC1. The predicted molar refractivity (Wildman–Crippen MR) is 70.1 cm³/mol. The monoisotopic (exact) mass is 235 g/mol. The molecule has 5 heteroatoms. The van der Waals surface area contributed by atoms with E-state index in [4.69, 9.17) is 5.73 Å². The molecule has 94 valence electrons. The van der Waals surface area contributed by atoms with E-state index in [1.165, 1.54) is 19.3 Å². The lowest BCUT2D eigenvalue weighted by Crippen LogP contribution is -2.26. The third kappa shape index (κ3) is 3.22. The van der Waals surface area contributed by atoms with Gasteiger partial charge in [-0.1, -0.05) is 19.3 Å². The zero-order chi connectivity index (χ0) is 12.3. The molecule has 0 radical (unpaired) electrons. The standard InChI is InChI=1S/C12H21N5/c1-9-11(8-17(2)16-9)15-12(13)14-10-6-4-3-5-7-10/h8,10H,3-7H2,1-2H3,(H3,13,14,15). The molecule has 0 amide bonds. The van der Waals surface area contributed by atoms with Gasteiger partial charge < -0.3 is 11.1 Å². The molecule has 0 bridgehead atoms. The zero-order valence-electron chi connectivity index (χ0n) is 10.6. The van der Waals surface area contributed by atoms with Crippen LogP contribution in [0.5, 0.6) is 0 Å². The van der Waals surface area contributed by atoms with Gasteiger partial charge in [0.2, 0.25) is 0 Å². The number of rotatable bonds is 2. The molecule has 1 aliphatic carbocycles. The van der Waals surface area contributed by atoms with Gasteiger partial charge in [-0.05, 0) is 19.8 Å². The molecule has 17 heavy (non-hydrogen) atoms. The number of hydrogen-bond donors (Lipinski definition) is 2. The van der Waals surface area contributed by atoms with Crippen molar-refractivity contribution in [3.05, 3.63) is 11.9 Å². The van der Waals surface area contributed by atoms with Gasteiger partial charge in [0.05, 0.1) is 17.4 Å². The molecule has 1 aromatic heterocycles. The smallest absolute Gasteiger partial charge is 0.193 e. The average Bonchev–Trinajstić information content (AvgIpc) is 2.58. The van der Waals surface area contributed by atoms with E-state index in [0.717, 1.165) is 24.2 Å². The summed E-state index contributed by atoms with van der Waals surface area (Å²) in [7, 11) is 1.90. The Morgan fingerprint density at radius 1 is 1.47 bits per heavy atom. The van der Waals surface area contributed by atoms with Gasteiger partial charge in [-0.15, -0.1) is 0 Å². The second-order valence-electron chi connectivity index (χ2n) is 4.73. The van der Waals surface area contributed by atoms with Crippen LogP contribution < -0.4 is 11.1 Å². The van der Waals surface area contributed by atoms with Gasteiger partial charge in [-0.3, -0.25) is 4.68 Å². The van der Waals surface area contributed by atoms with E-state index >= 15 is 0 Å². The van der Waals surface area contributed by atoms with Crippen molar-refractivity contribution < 1.29 is 0 Å². The molecular formula is C12H21N5. The van der Waals surface area contributed by atoms with E-state index in [1.807, 2.05) is 20.2 Å². The minimum absolute atomic E-state index is 0.397. The summed E-state index contributed by atoms with van der Waals surface area (Å²) in [6, 6.07) is 0.397. The summed E-state index contributed by atoms with van der Waals surface area (Å²) in [6.07, 6.45) is 8.11. The quantitative estimate of drug-likeness (QED) is 0.606. The fraction of sp³-hybridized carbons (Fsp3) is 0.667. The lowest BCUT2D eigenvalue weighted by atomic mass is 9.96. The van der Waals surface area contributed by atoms with Crippen LogP contribution in [0.1, 0.15) is 37.8 Å². The van der Waals surface area contributed by atoms with Crippen LogP contribution in [-0.4, -0.2) is 21.8 Å². The molecule has 0 saturated heterocycles. The third-order valence-electron chi connectivity index (χ3n) is 3.17. The first kappa shape index (κ1) is 12.0. The first-order chi connectivity index (χ1) is 8.15. The van der Waals surface area contributed by atoms with Crippen molar-refractivity contribution in [3.63, 3.8) is 0 Å². The van der Waals surface area contributed by atoms with Crippen LogP contribution in [0, 0.1) is 6.92 Å². The normalized spacial score (nSPS) is 18.4. The van der Waals surface area contributed by atoms with E-state index in [2.05, 4.69) is 15.4 Å². The highest BCUT2D eigenvalue weighted by Gasteiger charge is 2.12. The highest BCUT2D eigenvalue weighted by Crippen LogP contribution is 2.20. The Hall–Kier alpha value is -1.52. The third-order valence-corrected chi connectivity index (χ3v) is 3.17. The summed E-state index contributed by atoms with van der Waals surface area (Å²) < 4.78 is 1.77. The van der Waals surface area contributed by atoms with Crippen LogP contribution >= 0.6 is 0 Å². The predicted octanol–water partition coefficient (Wildman–Crippen LogP) is 1.79. The fourth-order valence-corrected chi connectivity index (χ4v) is 2.30. The van der Waals surface area contributed by atoms with Crippen LogP contribution in [0.2, 0.25) is 0 Å². The Labute approximate surface area is 102 Å². The van der Waals surface area contributed by atoms with Crippen molar-refractivity contribution in [2.24, 2.45) is 17.8 Å². The molecule has 1 saturated carbocycles. The van der Waals surface area contributed by atoms with Crippen molar-refractivity contribution in [2.45, 2.75) is 45.1 Å². The van der Waals surface area contributed by atoms with Gasteiger partial charge in [-0.2, -0.15) is 5.10 Å². The number of guanidine groups is 1. The Morgan fingerprint density at radius 3 is 2.76 bits per heavy atom. The number of nitrogens with one attached hydrogen (secondary N) is 1. The number of anilines is 1. The minimum Gasteiger partial charge on any atom is -0.370 e. The number of nitrogens with zero attached hydrogens (tertiary/aromatic N) is 3. The van der Waals surface area contributed by atoms with Crippen LogP contribution in [0.4, 0.5) is 5.69 Å². The lowest BCUT2D eigenvalue weighted by molar-refractivity contribution is 0.443. The highest BCUT2D eigenvalue weighted by molar-refractivity contribution is 5.92. The lowest BCUT2D eigenvalue weighted by Gasteiger charge is -2.18. The van der Waals surface area contributed by atoms with Gasteiger partial charge in [0, 0.05) is 13.2 Å².